The molecule has 0 N–H and O–H groups in total. The highest BCUT2D eigenvalue weighted by Gasteiger charge is 1.88. The number of benzene rings is 1. The predicted octanol–water partition coefficient (Wildman–Crippen LogP) is 2.13. The minimum absolute atomic E-state index is 0.313. The van der Waals surface area contributed by atoms with Crippen molar-refractivity contribution in [2.45, 2.75) is 0 Å². The van der Waals surface area contributed by atoms with Crippen LogP contribution < -0.4 is 0 Å². The Morgan fingerprint density at radius 2 is 2.33 bits per heavy atom. The number of halogens is 1. The maximum Gasteiger partial charge on any atom is 0.239 e. The van der Waals surface area contributed by atoms with Gasteiger partial charge < -0.3 is 0 Å². The molecule has 60 valence electrons. The van der Waals surface area contributed by atoms with Gasteiger partial charge in [0.15, 0.2) is 0 Å². The van der Waals surface area contributed by atoms with Crippen LogP contribution in [0.2, 0.25) is 0 Å². The summed E-state index contributed by atoms with van der Waals surface area (Å²) in [7, 11) is 0. The lowest BCUT2D eigenvalue weighted by Crippen LogP contribution is -1.74. The SMILES string of the molecule is O=C=N/C=C/c1cccc(F)c1. The van der Waals surface area contributed by atoms with Gasteiger partial charge in [-0.25, -0.2) is 9.18 Å². The summed E-state index contributed by atoms with van der Waals surface area (Å²) in [4.78, 5) is 12.8. The molecule has 0 aliphatic carbocycles. The second-order valence-electron chi connectivity index (χ2n) is 2.09. The van der Waals surface area contributed by atoms with Crippen LogP contribution in [0.3, 0.4) is 0 Å². The van der Waals surface area contributed by atoms with Crippen molar-refractivity contribution in [1.82, 2.24) is 0 Å². The molecule has 3 heteroatoms. The summed E-state index contributed by atoms with van der Waals surface area (Å²) in [5.41, 5.74) is 0.661. The van der Waals surface area contributed by atoms with Crippen LogP contribution in [0.4, 0.5) is 4.39 Å². The van der Waals surface area contributed by atoms with Gasteiger partial charge >= 0.3 is 0 Å². The van der Waals surface area contributed by atoms with Gasteiger partial charge in [-0.15, -0.1) is 0 Å². The van der Waals surface area contributed by atoms with Gasteiger partial charge in [0, 0.05) is 6.20 Å². The number of rotatable bonds is 2. The molecule has 0 spiro atoms. The van der Waals surface area contributed by atoms with Crippen LogP contribution in [-0.4, -0.2) is 6.08 Å². The van der Waals surface area contributed by atoms with Crippen molar-refractivity contribution in [2.75, 3.05) is 0 Å². The van der Waals surface area contributed by atoms with Crippen molar-refractivity contribution < 1.29 is 9.18 Å². The maximum absolute atomic E-state index is 12.5. The van der Waals surface area contributed by atoms with Crippen LogP contribution in [0.15, 0.2) is 35.5 Å². The van der Waals surface area contributed by atoms with Crippen LogP contribution >= 0.6 is 0 Å². The lowest BCUT2D eigenvalue weighted by Gasteiger charge is -1.90. The lowest BCUT2D eigenvalue weighted by atomic mass is 10.2. The zero-order valence-electron chi connectivity index (χ0n) is 6.20. The zero-order valence-corrected chi connectivity index (χ0v) is 6.20. The number of aliphatic imine (C=N–C) groups is 1. The first kappa shape index (κ1) is 8.37. The second kappa shape index (κ2) is 4.21. The van der Waals surface area contributed by atoms with Gasteiger partial charge in [0.25, 0.3) is 0 Å². The summed E-state index contributed by atoms with van der Waals surface area (Å²) in [6.45, 7) is 0. The quantitative estimate of drug-likeness (QED) is 0.485. The fourth-order valence-corrected chi connectivity index (χ4v) is 0.764. The molecule has 0 atom stereocenters. The van der Waals surface area contributed by atoms with E-state index in [0.29, 0.717) is 5.56 Å². The topological polar surface area (TPSA) is 29.4 Å². The van der Waals surface area contributed by atoms with E-state index in [1.54, 1.807) is 12.1 Å². The van der Waals surface area contributed by atoms with Crippen molar-refractivity contribution in [1.29, 1.82) is 0 Å². The molecule has 0 heterocycles. The molecule has 2 nitrogen and oxygen atoms in total. The first-order valence-corrected chi connectivity index (χ1v) is 3.32. The minimum atomic E-state index is -0.313. The Balaban J connectivity index is 2.82. The van der Waals surface area contributed by atoms with E-state index in [9.17, 15) is 9.18 Å². The second-order valence-corrected chi connectivity index (χ2v) is 2.09. The lowest BCUT2D eigenvalue weighted by molar-refractivity contribution is 0.565. The van der Waals surface area contributed by atoms with Gasteiger partial charge in [-0.2, -0.15) is 4.99 Å². The predicted molar refractivity (Wildman–Crippen MR) is 43.6 cm³/mol. The van der Waals surface area contributed by atoms with Crippen LogP contribution in [0.25, 0.3) is 6.08 Å². The van der Waals surface area contributed by atoms with E-state index >= 15 is 0 Å². The molecular weight excluding hydrogens is 157 g/mol. The molecule has 0 aliphatic heterocycles. The summed E-state index contributed by atoms with van der Waals surface area (Å²) in [5, 5.41) is 0. The van der Waals surface area contributed by atoms with Crippen molar-refractivity contribution in [3.63, 3.8) is 0 Å². The number of hydrogen-bond donors (Lipinski definition) is 0. The highest BCUT2D eigenvalue weighted by molar-refractivity contribution is 5.50. The number of isocyanates is 1. The third-order valence-electron chi connectivity index (χ3n) is 1.24. The van der Waals surface area contributed by atoms with E-state index in [1.807, 2.05) is 0 Å². The maximum atomic E-state index is 12.5. The molecule has 1 rings (SSSR count). The first-order chi connectivity index (χ1) is 5.83. The molecule has 0 bridgehead atoms. The summed E-state index contributed by atoms with van der Waals surface area (Å²) < 4.78 is 12.5. The molecule has 0 unspecified atom stereocenters. The Morgan fingerprint density at radius 1 is 1.50 bits per heavy atom. The summed E-state index contributed by atoms with van der Waals surface area (Å²) in [5.74, 6) is -0.313. The molecule has 1 aromatic carbocycles. The molecule has 0 saturated heterocycles. The van der Waals surface area contributed by atoms with Gasteiger partial charge in [0.1, 0.15) is 5.82 Å². The van der Waals surface area contributed by atoms with Gasteiger partial charge in [-0.05, 0) is 23.8 Å². The largest absolute Gasteiger partial charge is 0.239 e. The third-order valence-corrected chi connectivity index (χ3v) is 1.24. The monoisotopic (exact) mass is 163 g/mol. The molecule has 12 heavy (non-hydrogen) atoms. The smallest absolute Gasteiger partial charge is 0.211 e. The van der Waals surface area contributed by atoms with Crippen LogP contribution in [0, 0.1) is 5.82 Å². The van der Waals surface area contributed by atoms with Crippen molar-refractivity contribution in [3.8, 4) is 0 Å². The highest BCUT2D eigenvalue weighted by atomic mass is 19.1. The number of nitrogens with zero attached hydrogens (tertiary/aromatic N) is 1. The Hall–Kier alpha value is -1.73. The molecule has 0 fully saturated rings. The van der Waals surface area contributed by atoms with Crippen LogP contribution in [0.5, 0.6) is 0 Å². The summed E-state index contributed by atoms with van der Waals surface area (Å²) in [6.07, 6.45) is 4.13. The average molecular weight is 163 g/mol. The van der Waals surface area contributed by atoms with Crippen molar-refractivity contribution in [3.05, 3.63) is 41.8 Å². The van der Waals surface area contributed by atoms with Crippen LogP contribution in [0.1, 0.15) is 5.56 Å². The van der Waals surface area contributed by atoms with E-state index in [2.05, 4.69) is 4.99 Å². The summed E-state index contributed by atoms with van der Waals surface area (Å²) >= 11 is 0. The molecule has 0 aliphatic rings. The molecule has 0 radical (unpaired) electrons. The van der Waals surface area contributed by atoms with Gasteiger partial charge in [-0.3, -0.25) is 0 Å². The minimum Gasteiger partial charge on any atom is -0.211 e. The van der Waals surface area contributed by atoms with Gasteiger partial charge in [-0.1, -0.05) is 12.1 Å². The Morgan fingerprint density at radius 3 is 3.00 bits per heavy atom. The molecular formula is C9H6FNO. The Bertz CT molecular complexity index is 340. The van der Waals surface area contributed by atoms with E-state index in [4.69, 9.17) is 0 Å². The van der Waals surface area contributed by atoms with E-state index in [0.717, 1.165) is 0 Å². The van der Waals surface area contributed by atoms with E-state index in [1.165, 1.54) is 30.5 Å². The molecule has 1 aromatic rings. The summed E-state index contributed by atoms with van der Waals surface area (Å²) in [6, 6.07) is 5.98. The normalized spacial score (nSPS) is 9.75. The first-order valence-electron chi connectivity index (χ1n) is 3.32. The highest BCUT2D eigenvalue weighted by Crippen LogP contribution is 2.04. The Kier molecular flexibility index (Phi) is 2.94. The van der Waals surface area contributed by atoms with E-state index in [-0.39, 0.29) is 5.82 Å². The van der Waals surface area contributed by atoms with Crippen LogP contribution in [-0.2, 0) is 4.79 Å². The number of carbonyl (C=O) groups excluding carboxylic acids is 1. The third kappa shape index (κ3) is 2.48. The van der Waals surface area contributed by atoms with Gasteiger partial charge in [0.05, 0.1) is 0 Å². The fourth-order valence-electron chi connectivity index (χ4n) is 0.764. The standard InChI is InChI=1S/C9H6FNO/c10-9-3-1-2-8(6-9)4-5-11-7-12/h1-6H/b5-4+. The van der Waals surface area contributed by atoms with Crippen molar-refractivity contribution in [2.24, 2.45) is 4.99 Å². The fraction of sp³-hybridized carbons (Fsp3) is 0. The Labute approximate surface area is 69.1 Å². The number of hydrogen-bond acceptors (Lipinski definition) is 2. The zero-order chi connectivity index (χ0) is 8.81. The molecule has 0 amide bonds. The van der Waals surface area contributed by atoms with Crippen molar-refractivity contribution >= 4 is 12.2 Å². The molecule has 0 aromatic heterocycles. The van der Waals surface area contributed by atoms with E-state index < -0.39 is 0 Å². The average Bonchev–Trinajstić information content (AvgIpc) is 2.05. The van der Waals surface area contributed by atoms with Gasteiger partial charge in [0.2, 0.25) is 6.08 Å². The molecule has 0 saturated carbocycles.